The minimum absolute atomic E-state index is 0.0135. The van der Waals surface area contributed by atoms with Crippen LogP contribution in [0.4, 0.5) is 4.39 Å². The SMILES string of the molecule is Cn1nnc2cc(-c3sc(C(=O)N4C5CCC4C(N)C5)cc3-c3ccc(C#N)c(F)c3)ccc21. The normalized spacial score (nSPS) is 21.4. The van der Waals surface area contributed by atoms with E-state index in [2.05, 4.69) is 10.3 Å². The fraction of sp³-hybridized carbons (Fsp3) is 0.280. The highest BCUT2D eigenvalue weighted by molar-refractivity contribution is 7.18. The molecule has 0 radical (unpaired) electrons. The number of halogens is 1. The number of carbonyl (C=O) groups is 1. The summed E-state index contributed by atoms with van der Waals surface area (Å²) in [6.07, 6.45) is 2.76. The molecule has 4 heterocycles. The maximum atomic E-state index is 14.5. The lowest BCUT2D eigenvalue weighted by molar-refractivity contribution is 0.0731. The van der Waals surface area contributed by atoms with Crippen LogP contribution in [-0.2, 0) is 7.05 Å². The van der Waals surface area contributed by atoms with Crippen LogP contribution in [0.3, 0.4) is 0 Å². The van der Waals surface area contributed by atoms with E-state index in [1.165, 1.54) is 23.5 Å². The largest absolute Gasteiger partial charge is 0.330 e. The average molecular weight is 473 g/mol. The molecule has 0 saturated carbocycles. The summed E-state index contributed by atoms with van der Waals surface area (Å²) in [5, 5.41) is 17.4. The number of amides is 1. The van der Waals surface area contributed by atoms with Crippen molar-refractivity contribution in [1.29, 1.82) is 5.26 Å². The van der Waals surface area contributed by atoms with Crippen LogP contribution in [0.2, 0.25) is 0 Å². The van der Waals surface area contributed by atoms with Crippen LogP contribution in [0.5, 0.6) is 0 Å². The number of carbonyl (C=O) groups excluding carboxylic acids is 1. The number of rotatable bonds is 3. The summed E-state index contributed by atoms with van der Waals surface area (Å²) in [4.78, 5) is 17.0. The average Bonchev–Trinajstić information content (AvgIpc) is 3.60. The number of nitrogens with zero attached hydrogens (tertiary/aromatic N) is 5. The lowest BCUT2D eigenvalue weighted by Gasteiger charge is -2.22. The van der Waals surface area contributed by atoms with Crippen molar-refractivity contribution in [3.8, 4) is 27.6 Å². The van der Waals surface area contributed by atoms with Crippen LogP contribution >= 0.6 is 11.3 Å². The van der Waals surface area contributed by atoms with Gasteiger partial charge in [0.05, 0.1) is 16.0 Å². The number of hydrogen-bond acceptors (Lipinski definition) is 6. The smallest absolute Gasteiger partial charge is 0.264 e. The fourth-order valence-electron chi connectivity index (χ4n) is 5.36. The third-order valence-corrected chi connectivity index (χ3v) is 8.21. The molecule has 170 valence electrons. The van der Waals surface area contributed by atoms with Gasteiger partial charge >= 0.3 is 0 Å². The van der Waals surface area contributed by atoms with Gasteiger partial charge in [-0.05, 0) is 60.7 Å². The molecule has 1 amide bonds. The molecule has 2 bridgehead atoms. The van der Waals surface area contributed by atoms with Crippen LogP contribution in [-0.4, -0.2) is 43.9 Å². The van der Waals surface area contributed by atoms with Crippen molar-refractivity contribution >= 4 is 28.3 Å². The van der Waals surface area contributed by atoms with Crippen molar-refractivity contribution < 1.29 is 9.18 Å². The quantitative estimate of drug-likeness (QED) is 0.484. The Hall–Kier alpha value is -3.61. The second-order valence-electron chi connectivity index (χ2n) is 8.99. The maximum absolute atomic E-state index is 14.5. The fourth-order valence-corrected chi connectivity index (χ4v) is 6.48. The van der Waals surface area contributed by atoms with E-state index < -0.39 is 5.82 Å². The lowest BCUT2D eigenvalue weighted by atomic mass is 9.97. The lowest BCUT2D eigenvalue weighted by Crippen LogP contribution is -2.40. The Balaban J connectivity index is 1.49. The molecular formula is C25H21FN6OS. The molecule has 34 heavy (non-hydrogen) atoms. The van der Waals surface area contributed by atoms with Crippen LogP contribution < -0.4 is 5.73 Å². The second kappa shape index (κ2) is 7.72. The predicted octanol–water partition coefficient (Wildman–Crippen LogP) is 4.08. The van der Waals surface area contributed by atoms with Crippen LogP contribution in [0.25, 0.3) is 32.6 Å². The number of nitrogens with two attached hydrogens (primary N) is 1. The van der Waals surface area contributed by atoms with E-state index in [-0.39, 0.29) is 29.6 Å². The summed E-state index contributed by atoms with van der Waals surface area (Å²) in [5.41, 5.74) is 10.1. The van der Waals surface area contributed by atoms with E-state index in [1.54, 1.807) is 10.7 Å². The minimum Gasteiger partial charge on any atom is -0.330 e. The van der Waals surface area contributed by atoms with E-state index in [4.69, 9.17) is 11.0 Å². The van der Waals surface area contributed by atoms with E-state index in [9.17, 15) is 9.18 Å². The molecule has 0 aliphatic carbocycles. The summed E-state index contributed by atoms with van der Waals surface area (Å²) in [6.45, 7) is 0. The number of thiophene rings is 1. The van der Waals surface area contributed by atoms with Crippen LogP contribution in [0.15, 0.2) is 42.5 Å². The van der Waals surface area contributed by atoms with Gasteiger partial charge in [-0.3, -0.25) is 4.79 Å². The van der Waals surface area contributed by atoms with Gasteiger partial charge in [0.1, 0.15) is 17.4 Å². The first kappa shape index (κ1) is 21.0. The molecule has 4 aromatic rings. The first-order valence-electron chi connectivity index (χ1n) is 11.2. The van der Waals surface area contributed by atoms with E-state index >= 15 is 0 Å². The van der Waals surface area contributed by atoms with Gasteiger partial charge < -0.3 is 10.6 Å². The second-order valence-corrected chi connectivity index (χ2v) is 10.0. The molecule has 2 aliphatic rings. The van der Waals surface area contributed by atoms with Crippen molar-refractivity contribution in [3.05, 3.63) is 58.7 Å². The van der Waals surface area contributed by atoms with Gasteiger partial charge in [0.2, 0.25) is 0 Å². The van der Waals surface area contributed by atoms with Crippen LogP contribution in [0, 0.1) is 17.1 Å². The number of benzene rings is 2. The predicted molar refractivity (Wildman–Crippen MR) is 128 cm³/mol. The topological polar surface area (TPSA) is 101 Å². The number of nitriles is 1. The molecule has 2 fully saturated rings. The van der Waals surface area contributed by atoms with Crippen molar-refractivity contribution in [3.63, 3.8) is 0 Å². The zero-order chi connectivity index (χ0) is 23.6. The molecule has 3 unspecified atom stereocenters. The molecule has 2 aliphatic heterocycles. The molecular weight excluding hydrogens is 451 g/mol. The van der Waals surface area contributed by atoms with E-state index in [0.29, 0.717) is 10.4 Å². The number of fused-ring (bicyclic) bond motifs is 3. The molecule has 0 spiro atoms. The first-order chi connectivity index (χ1) is 16.4. The Bertz CT molecular complexity index is 1500. The molecule has 2 aromatic carbocycles. The summed E-state index contributed by atoms with van der Waals surface area (Å²) >= 11 is 1.39. The highest BCUT2D eigenvalue weighted by Crippen LogP contribution is 2.43. The van der Waals surface area contributed by atoms with Gasteiger partial charge in [-0.2, -0.15) is 5.26 Å². The van der Waals surface area contributed by atoms with Crippen molar-refractivity contribution in [2.75, 3.05) is 0 Å². The Morgan fingerprint density at radius 3 is 2.74 bits per heavy atom. The maximum Gasteiger partial charge on any atom is 0.264 e. The highest BCUT2D eigenvalue weighted by Gasteiger charge is 2.47. The molecule has 2 saturated heterocycles. The molecule has 7 nitrogen and oxygen atoms in total. The Morgan fingerprint density at radius 2 is 2.03 bits per heavy atom. The Kier molecular flexibility index (Phi) is 4.76. The number of aryl methyl sites for hydroxylation is 1. The minimum atomic E-state index is -0.585. The molecule has 2 N–H and O–H groups in total. The molecule has 9 heteroatoms. The Labute approximate surface area is 199 Å². The van der Waals surface area contributed by atoms with E-state index in [0.717, 1.165) is 46.3 Å². The van der Waals surface area contributed by atoms with Gasteiger partial charge in [0.25, 0.3) is 5.91 Å². The van der Waals surface area contributed by atoms with Gasteiger partial charge in [0.15, 0.2) is 0 Å². The molecule has 3 atom stereocenters. The van der Waals surface area contributed by atoms with Gasteiger partial charge in [-0.1, -0.05) is 17.3 Å². The van der Waals surface area contributed by atoms with Gasteiger partial charge in [-0.25, -0.2) is 9.07 Å². The first-order valence-corrected chi connectivity index (χ1v) is 12.0. The zero-order valence-electron chi connectivity index (χ0n) is 18.4. The highest BCUT2D eigenvalue weighted by atomic mass is 32.1. The van der Waals surface area contributed by atoms with Crippen molar-refractivity contribution in [1.82, 2.24) is 19.9 Å². The summed E-state index contributed by atoms with van der Waals surface area (Å²) in [5.74, 6) is -0.606. The number of hydrogen-bond donors (Lipinski definition) is 1. The third kappa shape index (κ3) is 3.14. The molecule has 2 aromatic heterocycles. The summed E-state index contributed by atoms with van der Waals surface area (Å²) < 4.78 is 16.2. The van der Waals surface area contributed by atoms with Crippen molar-refractivity contribution in [2.24, 2.45) is 12.8 Å². The Morgan fingerprint density at radius 1 is 1.21 bits per heavy atom. The van der Waals surface area contributed by atoms with E-state index in [1.807, 2.05) is 42.3 Å². The van der Waals surface area contributed by atoms with Crippen LogP contribution in [0.1, 0.15) is 34.5 Å². The zero-order valence-corrected chi connectivity index (χ0v) is 19.2. The van der Waals surface area contributed by atoms with Crippen molar-refractivity contribution in [2.45, 2.75) is 37.4 Å². The number of aromatic nitrogens is 3. The van der Waals surface area contributed by atoms with Gasteiger partial charge in [0, 0.05) is 35.6 Å². The van der Waals surface area contributed by atoms with Gasteiger partial charge in [-0.15, -0.1) is 16.4 Å². The third-order valence-electron chi connectivity index (χ3n) is 7.04. The summed E-state index contributed by atoms with van der Waals surface area (Å²) in [7, 11) is 1.83. The monoisotopic (exact) mass is 472 g/mol. The molecule has 6 rings (SSSR count). The summed E-state index contributed by atoms with van der Waals surface area (Å²) in [6, 6.07) is 14.4. The standard InChI is InChI=1S/C25H21FN6OS/c1-31-22-6-4-14(9-20(22)29-30-31)24-17(13-2-3-15(12-27)18(26)8-13)11-23(34-24)25(33)32-16-5-7-21(32)19(28)10-16/h2-4,6,8-9,11,16,19,21H,5,7,10,28H2,1H3.